The van der Waals surface area contributed by atoms with E-state index in [4.69, 9.17) is 4.74 Å². The maximum absolute atomic E-state index is 14.9. The van der Waals surface area contributed by atoms with E-state index in [0.29, 0.717) is 42.9 Å². The number of aromatic nitrogens is 2. The Morgan fingerprint density at radius 2 is 1.94 bits per heavy atom. The number of nitrogens with zero attached hydrogens (tertiary/aromatic N) is 3. The van der Waals surface area contributed by atoms with Crippen LogP contribution >= 0.6 is 11.3 Å². The third-order valence-corrected chi connectivity index (χ3v) is 7.46. The Balaban J connectivity index is 1.62. The molecule has 1 fully saturated rings. The molecule has 1 aliphatic rings. The lowest BCUT2D eigenvalue weighted by molar-refractivity contribution is 0.0495. The van der Waals surface area contributed by atoms with Gasteiger partial charge in [0.1, 0.15) is 12.0 Å². The number of thiophene rings is 1. The molecule has 0 aliphatic carbocycles. The molecule has 0 spiro atoms. The third kappa shape index (κ3) is 5.47. The number of sulfonamides is 1. The van der Waals surface area contributed by atoms with Crippen LogP contribution in [-0.4, -0.2) is 61.4 Å². The first-order chi connectivity index (χ1) is 16.7. The van der Waals surface area contributed by atoms with Gasteiger partial charge >= 0.3 is 0 Å². The zero-order chi connectivity index (χ0) is 25.2. The predicted octanol–water partition coefficient (Wildman–Crippen LogP) is 3.17. The average Bonchev–Trinajstić information content (AvgIpc) is 3.26. The minimum atomic E-state index is -4.00. The highest BCUT2D eigenvalue weighted by Crippen LogP contribution is 2.33. The van der Waals surface area contributed by atoms with Gasteiger partial charge in [-0.2, -0.15) is 0 Å². The van der Waals surface area contributed by atoms with Crippen molar-refractivity contribution in [3.05, 3.63) is 40.8 Å². The number of ether oxygens (including phenoxy) is 1. The largest absolute Gasteiger partial charge is 0.379 e. The summed E-state index contributed by atoms with van der Waals surface area (Å²) in [5.74, 6) is -5.53. The Morgan fingerprint density at radius 1 is 1.20 bits per heavy atom. The summed E-state index contributed by atoms with van der Waals surface area (Å²) in [6.07, 6.45) is 1.46. The number of carbonyl (C=O) groups is 1. The summed E-state index contributed by atoms with van der Waals surface area (Å²) in [7, 11) is -4.00. The molecule has 188 valence electrons. The molecule has 1 saturated heterocycles. The second-order valence-electron chi connectivity index (χ2n) is 7.54. The normalized spacial score (nSPS) is 14.7. The van der Waals surface area contributed by atoms with Crippen molar-refractivity contribution >= 4 is 54.7 Å². The van der Waals surface area contributed by atoms with E-state index in [1.165, 1.54) is 11.7 Å². The lowest BCUT2D eigenvalue weighted by atomic mass is 10.2. The van der Waals surface area contributed by atoms with Crippen LogP contribution in [0.1, 0.15) is 23.7 Å². The molecule has 10 nitrogen and oxygen atoms in total. The van der Waals surface area contributed by atoms with Gasteiger partial charge in [0, 0.05) is 24.5 Å². The molecule has 1 amide bonds. The van der Waals surface area contributed by atoms with Crippen molar-refractivity contribution in [2.75, 3.05) is 47.5 Å². The number of hydrazine groups is 1. The molecule has 2 aromatic heterocycles. The summed E-state index contributed by atoms with van der Waals surface area (Å²) >= 11 is 1.14. The van der Waals surface area contributed by atoms with Gasteiger partial charge in [-0.25, -0.2) is 36.6 Å². The van der Waals surface area contributed by atoms with Gasteiger partial charge in [-0.3, -0.25) is 9.52 Å². The van der Waals surface area contributed by atoms with Gasteiger partial charge in [0.25, 0.3) is 5.91 Å². The summed E-state index contributed by atoms with van der Waals surface area (Å²) in [5, 5.41) is 5.33. The van der Waals surface area contributed by atoms with E-state index >= 15 is 0 Å². The van der Waals surface area contributed by atoms with Gasteiger partial charge in [-0.15, -0.1) is 11.3 Å². The van der Waals surface area contributed by atoms with Gasteiger partial charge < -0.3 is 15.5 Å². The predicted molar refractivity (Wildman–Crippen MR) is 125 cm³/mol. The quantitative estimate of drug-likeness (QED) is 0.379. The minimum absolute atomic E-state index is 0.0198. The Morgan fingerprint density at radius 3 is 2.66 bits per heavy atom. The zero-order valence-electron chi connectivity index (χ0n) is 18.4. The molecule has 3 aromatic rings. The van der Waals surface area contributed by atoms with Crippen LogP contribution in [0, 0.1) is 17.5 Å². The SMILES string of the molecule is CCCS(=O)(=O)Nc1cc(F)c(F)c(NC(=O)c2csc3c(NN4CCOCC4)ncnc23)c1F. The van der Waals surface area contributed by atoms with Crippen molar-refractivity contribution in [3.63, 3.8) is 0 Å². The van der Waals surface area contributed by atoms with Gasteiger partial charge in [0.2, 0.25) is 10.0 Å². The van der Waals surface area contributed by atoms with Crippen LogP contribution in [0.2, 0.25) is 0 Å². The highest BCUT2D eigenvalue weighted by atomic mass is 32.2. The lowest BCUT2D eigenvalue weighted by Gasteiger charge is -2.27. The molecule has 3 N–H and O–H groups in total. The smallest absolute Gasteiger partial charge is 0.258 e. The van der Waals surface area contributed by atoms with Crippen LogP contribution in [0.5, 0.6) is 0 Å². The van der Waals surface area contributed by atoms with Crippen molar-refractivity contribution in [2.45, 2.75) is 13.3 Å². The zero-order valence-corrected chi connectivity index (χ0v) is 20.0. The van der Waals surface area contributed by atoms with Crippen LogP contribution in [0.15, 0.2) is 17.8 Å². The minimum Gasteiger partial charge on any atom is -0.379 e. The molecule has 0 bridgehead atoms. The highest BCUT2D eigenvalue weighted by Gasteiger charge is 2.25. The van der Waals surface area contributed by atoms with Crippen LogP contribution < -0.4 is 15.5 Å². The number of hydrogen-bond donors (Lipinski definition) is 3. The van der Waals surface area contributed by atoms with Crippen LogP contribution in [-0.2, 0) is 14.8 Å². The topological polar surface area (TPSA) is 126 Å². The fraction of sp³-hybridized carbons (Fsp3) is 0.350. The number of rotatable bonds is 8. The van der Waals surface area contributed by atoms with Gasteiger partial charge in [-0.05, 0) is 6.42 Å². The number of fused-ring (bicyclic) bond motifs is 1. The number of carbonyl (C=O) groups excluding carboxylic acids is 1. The van der Waals surface area contributed by atoms with Crippen LogP contribution in [0.4, 0.5) is 30.4 Å². The maximum atomic E-state index is 14.9. The lowest BCUT2D eigenvalue weighted by Crippen LogP contribution is -2.40. The molecule has 4 rings (SSSR count). The number of hydrogen-bond acceptors (Lipinski definition) is 9. The second-order valence-corrected chi connectivity index (χ2v) is 10.3. The van der Waals surface area contributed by atoms with E-state index in [1.807, 2.05) is 15.0 Å². The summed E-state index contributed by atoms with van der Waals surface area (Å²) < 4.78 is 75.1. The van der Waals surface area contributed by atoms with Gasteiger partial charge in [-0.1, -0.05) is 6.92 Å². The Kier molecular flexibility index (Phi) is 7.39. The third-order valence-electron chi connectivity index (χ3n) is 5.01. The van der Waals surface area contributed by atoms with E-state index in [2.05, 4.69) is 15.4 Å². The molecule has 35 heavy (non-hydrogen) atoms. The van der Waals surface area contributed by atoms with E-state index < -0.39 is 44.8 Å². The fourth-order valence-electron chi connectivity index (χ4n) is 3.37. The molecule has 3 heterocycles. The van der Waals surface area contributed by atoms with E-state index in [-0.39, 0.29) is 23.3 Å². The van der Waals surface area contributed by atoms with Crippen molar-refractivity contribution in [2.24, 2.45) is 0 Å². The number of amides is 1. The molecule has 1 aromatic carbocycles. The first-order valence-corrected chi connectivity index (χ1v) is 13.0. The average molecular weight is 531 g/mol. The Labute approximate surface area is 202 Å². The van der Waals surface area contributed by atoms with Gasteiger partial charge in [0.15, 0.2) is 23.3 Å². The Hall–Kier alpha value is -3.01. The van der Waals surface area contributed by atoms with Crippen molar-refractivity contribution < 1.29 is 31.1 Å². The van der Waals surface area contributed by atoms with Crippen molar-refractivity contribution in [1.82, 2.24) is 15.0 Å². The van der Waals surface area contributed by atoms with Crippen molar-refractivity contribution in [1.29, 1.82) is 0 Å². The highest BCUT2D eigenvalue weighted by molar-refractivity contribution is 7.92. The maximum Gasteiger partial charge on any atom is 0.258 e. The number of benzene rings is 1. The molecular weight excluding hydrogens is 509 g/mol. The number of anilines is 3. The fourth-order valence-corrected chi connectivity index (χ4v) is 5.43. The summed E-state index contributed by atoms with van der Waals surface area (Å²) in [6, 6.07) is 0.379. The number of nitrogens with one attached hydrogen (secondary N) is 3. The first kappa shape index (κ1) is 25.1. The summed E-state index contributed by atoms with van der Waals surface area (Å²) in [5.41, 5.74) is 1.40. The van der Waals surface area contributed by atoms with Crippen molar-refractivity contribution in [3.8, 4) is 0 Å². The van der Waals surface area contributed by atoms with E-state index in [1.54, 1.807) is 6.92 Å². The number of morpholine rings is 1. The number of halogens is 3. The van der Waals surface area contributed by atoms with E-state index in [9.17, 15) is 26.4 Å². The second kappa shape index (κ2) is 10.3. The first-order valence-electron chi connectivity index (χ1n) is 10.5. The molecule has 1 aliphatic heterocycles. The molecule has 0 saturated carbocycles. The van der Waals surface area contributed by atoms with Crippen LogP contribution in [0.3, 0.4) is 0 Å². The van der Waals surface area contributed by atoms with Crippen LogP contribution in [0.25, 0.3) is 10.2 Å². The summed E-state index contributed by atoms with van der Waals surface area (Å²) in [4.78, 5) is 21.2. The standard InChI is InChI=1S/C20H21F3N6O4S2/c1-2-7-35(31,32)28-13-8-12(21)14(22)17(15(13)23)26-20(30)11-9-34-18-16(11)24-10-25-19(18)27-29-3-5-33-6-4-29/h8-10,28H,2-7H2,1H3,(H,26,30)(H,24,25,27). The summed E-state index contributed by atoms with van der Waals surface area (Å²) in [6.45, 7) is 3.91. The molecule has 15 heteroatoms. The molecular formula is C20H21F3N6O4S2. The van der Waals surface area contributed by atoms with Gasteiger partial charge in [0.05, 0.1) is 40.4 Å². The van der Waals surface area contributed by atoms with E-state index in [0.717, 1.165) is 11.3 Å². The Bertz CT molecular complexity index is 1360. The monoisotopic (exact) mass is 530 g/mol. The molecule has 0 atom stereocenters. The molecule has 0 radical (unpaired) electrons. The molecule has 0 unspecified atom stereocenters.